The molecule has 2 aliphatic rings. The Balaban J connectivity index is 1.77. The highest BCUT2D eigenvalue weighted by Gasteiger charge is 2.24. The first kappa shape index (κ1) is 18.8. The van der Waals surface area contributed by atoms with Gasteiger partial charge in [-0.05, 0) is 33.6 Å². The topological polar surface area (TPSA) is 73.5 Å². The van der Waals surface area contributed by atoms with Gasteiger partial charge in [-0.1, -0.05) is 30.3 Å². The Kier molecular flexibility index (Phi) is 5.54. The Labute approximate surface area is 172 Å². The third kappa shape index (κ3) is 4.00. The summed E-state index contributed by atoms with van der Waals surface area (Å²) in [5.41, 5.74) is 3.48. The van der Waals surface area contributed by atoms with Crippen LogP contribution >= 0.6 is 15.9 Å². The molecule has 28 heavy (non-hydrogen) atoms. The third-order valence-electron chi connectivity index (χ3n) is 4.95. The van der Waals surface area contributed by atoms with Crippen molar-refractivity contribution in [3.63, 3.8) is 0 Å². The van der Waals surface area contributed by atoms with Crippen molar-refractivity contribution in [1.29, 1.82) is 0 Å². The van der Waals surface area contributed by atoms with Gasteiger partial charge < -0.3 is 20.4 Å². The summed E-state index contributed by atoms with van der Waals surface area (Å²) in [5, 5.41) is 28.8. The number of allylic oxidation sites excluding steroid dienone is 4. The minimum Gasteiger partial charge on any atom is -0.511 e. The van der Waals surface area contributed by atoms with Gasteiger partial charge in [-0.25, -0.2) is 0 Å². The van der Waals surface area contributed by atoms with E-state index in [0.717, 1.165) is 43.1 Å². The number of aromatic nitrogens is 2. The van der Waals surface area contributed by atoms with Crippen LogP contribution in [-0.4, -0.2) is 46.2 Å². The molecule has 0 spiro atoms. The van der Waals surface area contributed by atoms with Crippen LogP contribution in [0.3, 0.4) is 0 Å². The lowest BCUT2D eigenvalue weighted by Gasteiger charge is -2.29. The number of piperazine rings is 1. The fraction of sp³-hybridized carbons (Fsp3) is 0.286. The first-order valence-corrected chi connectivity index (χ1v) is 10.2. The van der Waals surface area contributed by atoms with Gasteiger partial charge in [0.2, 0.25) is 0 Å². The van der Waals surface area contributed by atoms with E-state index >= 15 is 0 Å². The molecule has 1 saturated heterocycles. The predicted molar refractivity (Wildman–Crippen MR) is 115 cm³/mol. The number of benzene rings is 1. The number of aliphatic hydroxyl groups is 2. The van der Waals surface area contributed by atoms with Gasteiger partial charge in [-0.3, -0.25) is 4.68 Å². The molecule has 2 aromatic rings. The molecule has 0 unspecified atom stereocenters. The molecule has 1 aromatic carbocycles. The van der Waals surface area contributed by atoms with Gasteiger partial charge in [0.25, 0.3) is 0 Å². The second-order valence-electron chi connectivity index (χ2n) is 6.93. The number of aliphatic hydroxyl groups excluding tert-OH is 2. The summed E-state index contributed by atoms with van der Waals surface area (Å²) in [6, 6.07) is 10.2. The summed E-state index contributed by atoms with van der Waals surface area (Å²) in [6.45, 7) is 4.23. The van der Waals surface area contributed by atoms with Crippen LogP contribution in [0.15, 0.2) is 64.7 Å². The number of nitrogens with zero attached hydrogens (tertiary/aromatic N) is 3. The van der Waals surface area contributed by atoms with Crippen LogP contribution in [0.2, 0.25) is 0 Å². The molecular formula is C21H23BrN4O2. The normalized spacial score (nSPS) is 18.0. The summed E-state index contributed by atoms with van der Waals surface area (Å²) in [4.78, 5) is 2.29. The molecule has 1 aliphatic carbocycles. The predicted octanol–water partition coefficient (Wildman–Crippen LogP) is 3.73. The number of halogens is 1. The minimum atomic E-state index is 0.127. The largest absolute Gasteiger partial charge is 0.511 e. The zero-order valence-electron chi connectivity index (χ0n) is 15.5. The molecule has 6 nitrogen and oxygen atoms in total. The molecule has 4 rings (SSSR count). The van der Waals surface area contributed by atoms with Crippen molar-refractivity contribution in [3.05, 3.63) is 75.9 Å². The Hall–Kier alpha value is -2.51. The van der Waals surface area contributed by atoms with Crippen molar-refractivity contribution < 1.29 is 10.2 Å². The van der Waals surface area contributed by atoms with Crippen LogP contribution in [-0.2, 0) is 6.54 Å². The van der Waals surface area contributed by atoms with E-state index in [9.17, 15) is 10.2 Å². The number of hydrogen-bond acceptors (Lipinski definition) is 5. The highest BCUT2D eigenvalue weighted by atomic mass is 79.9. The molecule has 0 bridgehead atoms. The first-order valence-electron chi connectivity index (χ1n) is 9.38. The van der Waals surface area contributed by atoms with Crippen molar-refractivity contribution in [2.75, 3.05) is 31.1 Å². The smallest absolute Gasteiger partial charge is 0.121 e. The fourth-order valence-corrected chi connectivity index (χ4v) is 3.86. The summed E-state index contributed by atoms with van der Waals surface area (Å²) >= 11 is 3.40. The first-order chi connectivity index (χ1) is 13.6. The maximum atomic E-state index is 10.6. The van der Waals surface area contributed by atoms with E-state index in [1.807, 2.05) is 29.1 Å². The van der Waals surface area contributed by atoms with E-state index < -0.39 is 0 Å². The van der Waals surface area contributed by atoms with Gasteiger partial charge in [0.05, 0.1) is 16.7 Å². The highest BCUT2D eigenvalue weighted by Crippen LogP contribution is 2.35. The Morgan fingerprint density at radius 1 is 1.11 bits per heavy atom. The van der Waals surface area contributed by atoms with Gasteiger partial charge in [0, 0.05) is 44.4 Å². The van der Waals surface area contributed by atoms with E-state index in [0.29, 0.717) is 16.6 Å². The molecule has 3 N–H and O–H groups in total. The van der Waals surface area contributed by atoms with E-state index in [4.69, 9.17) is 5.10 Å². The maximum Gasteiger partial charge on any atom is 0.121 e. The Morgan fingerprint density at radius 2 is 1.86 bits per heavy atom. The summed E-state index contributed by atoms with van der Waals surface area (Å²) in [5.74, 6) is 0.316. The van der Waals surface area contributed by atoms with E-state index in [1.165, 1.54) is 0 Å². The molecule has 1 aromatic heterocycles. The minimum absolute atomic E-state index is 0.127. The summed E-state index contributed by atoms with van der Waals surface area (Å²) < 4.78 is 2.48. The van der Waals surface area contributed by atoms with Crippen LogP contribution < -0.4 is 10.2 Å². The van der Waals surface area contributed by atoms with E-state index in [2.05, 4.69) is 38.3 Å². The SMILES string of the molecule is OC1=CCC(O)=C(Br)C=C1c1nn(Cc2ccccc2)cc1N1CCNCC1. The quantitative estimate of drug-likeness (QED) is 0.672. The average Bonchev–Trinajstić information content (AvgIpc) is 3.09. The van der Waals surface area contributed by atoms with Gasteiger partial charge in [-0.15, -0.1) is 0 Å². The molecular weight excluding hydrogens is 420 g/mol. The monoisotopic (exact) mass is 442 g/mol. The fourth-order valence-electron chi connectivity index (χ4n) is 3.47. The lowest BCUT2D eigenvalue weighted by atomic mass is 10.1. The lowest BCUT2D eigenvalue weighted by molar-refractivity contribution is 0.395. The van der Waals surface area contributed by atoms with Crippen molar-refractivity contribution in [2.24, 2.45) is 0 Å². The van der Waals surface area contributed by atoms with E-state index in [1.54, 1.807) is 12.2 Å². The van der Waals surface area contributed by atoms with E-state index in [-0.39, 0.29) is 17.9 Å². The molecule has 1 aliphatic heterocycles. The van der Waals surface area contributed by atoms with Crippen LogP contribution in [0.5, 0.6) is 0 Å². The molecule has 146 valence electrons. The van der Waals surface area contributed by atoms with Gasteiger partial charge in [0.1, 0.15) is 17.2 Å². The lowest BCUT2D eigenvalue weighted by Crippen LogP contribution is -2.43. The van der Waals surface area contributed by atoms with Crippen LogP contribution in [0.25, 0.3) is 5.57 Å². The van der Waals surface area contributed by atoms with Crippen LogP contribution in [0, 0.1) is 0 Å². The third-order valence-corrected chi connectivity index (χ3v) is 5.64. The number of nitrogens with one attached hydrogen (secondary N) is 1. The van der Waals surface area contributed by atoms with Gasteiger partial charge in [-0.2, -0.15) is 5.10 Å². The second-order valence-corrected chi connectivity index (χ2v) is 7.78. The zero-order valence-corrected chi connectivity index (χ0v) is 17.1. The average molecular weight is 443 g/mol. The van der Waals surface area contributed by atoms with Gasteiger partial charge in [0.15, 0.2) is 0 Å². The van der Waals surface area contributed by atoms with Crippen molar-refractivity contribution in [1.82, 2.24) is 15.1 Å². The molecule has 1 fully saturated rings. The maximum absolute atomic E-state index is 10.6. The summed E-state index contributed by atoms with van der Waals surface area (Å²) in [6.07, 6.45) is 5.69. The standard InChI is InChI=1S/C21H23BrN4O2/c22-17-12-16(19(27)6-7-20(17)28)21-18(25-10-8-23-9-11-25)14-26(24-21)13-15-4-2-1-3-5-15/h1-6,12,14,23,27-28H,7-11,13H2. The molecule has 2 heterocycles. The molecule has 7 heteroatoms. The van der Waals surface area contributed by atoms with Crippen molar-refractivity contribution >= 4 is 27.2 Å². The molecule has 0 amide bonds. The number of hydrogen-bond donors (Lipinski definition) is 3. The summed E-state index contributed by atoms with van der Waals surface area (Å²) in [7, 11) is 0. The Bertz CT molecular complexity index is 941. The highest BCUT2D eigenvalue weighted by molar-refractivity contribution is 9.11. The molecule has 0 atom stereocenters. The number of rotatable bonds is 4. The molecule has 0 saturated carbocycles. The zero-order chi connectivity index (χ0) is 19.5. The number of anilines is 1. The molecule has 0 radical (unpaired) electrons. The Morgan fingerprint density at radius 3 is 2.61 bits per heavy atom. The van der Waals surface area contributed by atoms with Crippen LogP contribution in [0.4, 0.5) is 5.69 Å². The van der Waals surface area contributed by atoms with Gasteiger partial charge >= 0.3 is 0 Å². The van der Waals surface area contributed by atoms with Crippen LogP contribution in [0.1, 0.15) is 17.7 Å². The van der Waals surface area contributed by atoms with Crippen molar-refractivity contribution in [3.8, 4) is 0 Å². The second kappa shape index (κ2) is 8.24. The van der Waals surface area contributed by atoms with Crippen molar-refractivity contribution in [2.45, 2.75) is 13.0 Å².